The third-order valence-corrected chi connectivity index (χ3v) is 6.23. The Morgan fingerprint density at radius 3 is 2.33 bits per heavy atom. The summed E-state index contributed by atoms with van der Waals surface area (Å²) in [4.78, 5) is 13.9. The van der Waals surface area contributed by atoms with Gasteiger partial charge in [0, 0.05) is 24.3 Å². The molecule has 0 spiro atoms. The molecule has 0 aliphatic carbocycles. The van der Waals surface area contributed by atoms with E-state index in [1.165, 1.54) is 11.2 Å². The maximum absolute atomic E-state index is 12.8. The Kier molecular flexibility index (Phi) is 4.40. The van der Waals surface area contributed by atoms with E-state index in [4.69, 9.17) is 5.11 Å². The number of piperidine rings is 1. The molecule has 0 atom stereocenters. The molecular weight excluding hydrogens is 294 g/mol. The van der Waals surface area contributed by atoms with Crippen molar-refractivity contribution in [3.8, 4) is 0 Å². The Hall–Kier alpha value is -1.38. The van der Waals surface area contributed by atoms with Crippen molar-refractivity contribution in [3.05, 3.63) is 17.0 Å². The fourth-order valence-electron chi connectivity index (χ4n) is 2.84. The molecule has 0 amide bonds. The molecule has 1 saturated heterocycles. The highest BCUT2D eigenvalue weighted by Crippen LogP contribution is 2.28. The van der Waals surface area contributed by atoms with Gasteiger partial charge in [0.1, 0.15) is 10.6 Å². The molecule has 0 radical (unpaired) electrons. The van der Waals surface area contributed by atoms with Crippen LogP contribution >= 0.6 is 0 Å². The lowest BCUT2D eigenvalue weighted by atomic mass is 10.1. The van der Waals surface area contributed by atoms with Gasteiger partial charge in [0.2, 0.25) is 10.0 Å². The van der Waals surface area contributed by atoms with E-state index >= 15 is 0 Å². The number of carboxylic acid groups (broad SMARTS) is 1. The van der Waals surface area contributed by atoms with Gasteiger partial charge in [0.05, 0.1) is 0 Å². The molecule has 7 nitrogen and oxygen atoms in total. The van der Waals surface area contributed by atoms with Crippen molar-refractivity contribution in [2.75, 3.05) is 20.1 Å². The normalized spacial score (nSPS) is 17.3. The standard InChI is InChI=1S/C13H21N3O4S/c1-8-11(13(17)18)15-9(2)12(8)21(19,20)16(3)10-4-6-14-7-5-10/h10,14-15H,4-7H2,1-3H3,(H,17,18). The third-order valence-electron chi connectivity index (χ3n) is 4.04. The highest BCUT2D eigenvalue weighted by atomic mass is 32.2. The Labute approximate surface area is 124 Å². The van der Waals surface area contributed by atoms with Gasteiger partial charge in [-0.15, -0.1) is 0 Å². The van der Waals surface area contributed by atoms with E-state index in [2.05, 4.69) is 10.3 Å². The largest absolute Gasteiger partial charge is 0.477 e. The first kappa shape index (κ1) is 16.0. The first-order valence-electron chi connectivity index (χ1n) is 6.88. The number of H-pyrrole nitrogens is 1. The van der Waals surface area contributed by atoms with Crippen LogP contribution in [0, 0.1) is 13.8 Å². The molecule has 118 valence electrons. The molecule has 8 heteroatoms. The average molecular weight is 315 g/mol. The first-order valence-corrected chi connectivity index (χ1v) is 8.32. The van der Waals surface area contributed by atoms with Crippen LogP contribution < -0.4 is 5.32 Å². The monoisotopic (exact) mass is 315 g/mol. The molecule has 2 rings (SSSR count). The molecule has 1 aromatic rings. The Morgan fingerprint density at radius 2 is 1.86 bits per heavy atom. The third kappa shape index (κ3) is 2.83. The van der Waals surface area contributed by atoms with Crippen LogP contribution in [0.15, 0.2) is 4.90 Å². The van der Waals surface area contributed by atoms with Gasteiger partial charge >= 0.3 is 5.97 Å². The van der Waals surface area contributed by atoms with Gasteiger partial charge in [0.25, 0.3) is 0 Å². The Balaban J connectivity index is 2.41. The van der Waals surface area contributed by atoms with Gasteiger partial charge in [-0.3, -0.25) is 0 Å². The van der Waals surface area contributed by atoms with E-state index in [1.54, 1.807) is 14.0 Å². The SMILES string of the molecule is Cc1[nH]c(C(=O)O)c(C)c1S(=O)(=O)N(C)C1CCNCC1. The highest BCUT2D eigenvalue weighted by molar-refractivity contribution is 7.89. The summed E-state index contributed by atoms with van der Waals surface area (Å²) in [5.41, 5.74) is 0.566. The van der Waals surface area contributed by atoms with Crippen molar-refractivity contribution >= 4 is 16.0 Å². The van der Waals surface area contributed by atoms with Crippen molar-refractivity contribution in [3.63, 3.8) is 0 Å². The van der Waals surface area contributed by atoms with Crippen molar-refractivity contribution in [2.24, 2.45) is 0 Å². The number of hydrogen-bond acceptors (Lipinski definition) is 4. The van der Waals surface area contributed by atoms with Crippen LogP contribution in [0.1, 0.15) is 34.6 Å². The lowest BCUT2D eigenvalue weighted by molar-refractivity contribution is 0.0690. The second-order valence-corrected chi connectivity index (χ2v) is 7.32. The Bertz CT molecular complexity index is 645. The van der Waals surface area contributed by atoms with Crippen molar-refractivity contribution in [1.29, 1.82) is 0 Å². The average Bonchev–Trinajstić information content (AvgIpc) is 2.74. The van der Waals surface area contributed by atoms with Crippen molar-refractivity contribution in [1.82, 2.24) is 14.6 Å². The predicted octanol–water partition coefficient (Wildman–Crippen LogP) is 0.702. The molecule has 0 bridgehead atoms. The van der Waals surface area contributed by atoms with Crippen LogP contribution in [0.3, 0.4) is 0 Å². The van der Waals surface area contributed by atoms with Crippen LogP contribution in [0.25, 0.3) is 0 Å². The summed E-state index contributed by atoms with van der Waals surface area (Å²) in [7, 11) is -2.13. The fraction of sp³-hybridized carbons (Fsp3) is 0.615. The molecule has 2 heterocycles. The lowest BCUT2D eigenvalue weighted by Crippen LogP contribution is -2.44. The number of rotatable bonds is 4. The van der Waals surface area contributed by atoms with Gasteiger partial charge in [-0.1, -0.05) is 0 Å². The van der Waals surface area contributed by atoms with Gasteiger partial charge < -0.3 is 15.4 Å². The molecule has 1 aliphatic heterocycles. The molecular formula is C13H21N3O4S. The first-order chi connectivity index (χ1) is 9.76. The molecule has 21 heavy (non-hydrogen) atoms. The van der Waals surface area contributed by atoms with E-state index in [-0.39, 0.29) is 22.2 Å². The molecule has 0 saturated carbocycles. The van der Waals surface area contributed by atoms with Crippen LogP contribution in [-0.2, 0) is 10.0 Å². The summed E-state index contributed by atoms with van der Waals surface area (Å²) in [5, 5.41) is 12.3. The maximum Gasteiger partial charge on any atom is 0.352 e. The Morgan fingerprint density at radius 1 is 1.29 bits per heavy atom. The highest BCUT2D eigenvalue weighted by Gasteiger charge is 2.33. The quantitative estimate of drug-likeness (QED) is 0.759. The minimum atomic E-state index is -3.70. The molecule has 0 unspecified atom stereocenters. The summed E-state index contributed by atoms with van der Waals surface area (Å²) in [6, 6.07) is -0.0572. The summed E-state index contributed by atoms with van der Waals surface area (Å²) in [5.74, 6) is -1.15. The minimum Gasteiger partial charge on any atom is -0.477 e. The predicted molar refractivity (Wildman–Crippen MR) is 78.1 cm³/mol. The zero-order chi connectivity index (χ0) is 15.8. The summed E-state index contributed by atoms with van der Waals surface area (Å²) < 4.78 is 27.0. The van der Waals surface area contributed by atoms with Crippen molar-refractivity contribution < 1.29 is 18.3 Å². The van der Waals surface area contributed by atoms with E-state index < -0.39 is 16.0 Å². The number of nitrogens with one attached hydrogen (secondary N) is 2. The van der Waals surface area contributed by atoms with Crippen LogP contribution in [0.4, 0.5) is 0 Å². The van der Waals surface area contributed by atoms with Crippen LogP contribution in [0.2, 0.25) is 0 Å². The molecule has 1 fully saturated rings. The lowest BCUT2D eigenvalue weighted by Gasteiger charge is -2.31. The zero-order valence-electron chi connectivity index (χ0n) is 12.4. The number of hydrogen-bond donors (Lipinski definition) is 3. The van der Waals surface area contributed by atoms with Crippen LogP contribution in [-0.4, -0.2) is 55.0 Å². The number of aromatic carboxylic acids is 1. The van der Waals surface area contributed by atoms with E-state index in [9.17, 15) is 13.2 Å². The van der Waals surface area contributed by atoms with E-state index in [0.29, 0.717) is 5.69 Å². The molecule has 1 aromatic heterocycles. The van der Waals surface area contributed by atoms with Gasteiger partial charge in [-0.2, -0.15) is 4.31 Å². The number of aryl methyl sites for hydroxylation is 1. The fourth-order valence-corrected chi connectivity index (χ4v) is 4.66. The molecule has 1 aliphatic rings. The number of carbonyl (C=O) groups is 1. The summed E-state index contributed by atoms with van der Waals surface area (Å²) >= 11 is 0. The number of aromatic nitrogens is 1. The van der Waals surface area contributed by atoms with E-state index in [0.717, 1.165) is 25.9 Å². The zero-order valence-corrected chi connectivity index (χ0v) is 13.2. The van der Waals surface area contributed by atoms with Gasteiger partial charge in [-0.25, -0.2) is 13.2 Å². The van der Waals surface area contributed by atoms with Crippen molar-refractivity contribution in [2.45, 2.75) is 37.6 Å². The summed E-state index contributed by atoms with van der Waals surface area (Å²) in [6.45, 7) is 4.69. The van der Waals surface area contributed by atoms with Gasteiger partial charge in [-0.05, 0) is 39.8 Å². The van der Waals surface area contributed by atoms with E-state index in [1.807, 2.05) is 0 Å². The molecule has 3 N–H and O–H groups in total. The van der Waals surface area contributed by atoms with Crippen LogP contribution in [0.5, 0.6) is 0 Å². The number of sulfonamides is 1. The second kappa shape index (κ2) is 5.78. The van der Waals surface area contributed by atoms with Gasteiger partial charge in [0.15, 0.2) is 0 Å². The minimum absolute atomic E-state index is 0.0572. The topological polar surface area (TPSA) is 102 Å². The summed E-state index contributed by atoms with van der Waals surface area (Å²) in [6.07, 6.45) is 1.51. The second-order valence-electron chi connectivity index (χ2n) is 5.39. The number of carboxylic acids is 1. The maximum atomic E-state index is 12.8. The number of aromatic amines is 1. The smallest absolute Gasteiger partial charge is 0.352 e. The number of nitrogens with zero attached hydrogens (tertiary/aromatic N) is 1. The molecule has 0 aromatic carbocycles.